The molecule has 4 nitrogen and oxygen atoms in total. The van der Waals surface area contributed by atoms with Crippen LogP contribution in [0.1, 0.15) is 13.3 Å². The molecule has 0 saturated carbocycles. The maximum absolute atomic E-state index is 11.6. The molecular weight excluding hydrogens is 168 g/mol. The molecule has 0 radical (unpaired) electrons. The number of hydrogen-bond acceptors (Lipinski definition) is 3. The average Bonchev–Trinajstić information content (AvgIpc) is 2.63. The first kappa shape index (κ1) is 10.5. The molecule has 0 aromatic rings. The standard InChI is InChI=1S/C9H18N2O2/c1-7(4-10)9(13)11-3-2-8(5-11)6-12/h7-8,12H,2-6,10H2,1H3. The summed E-state index contributed by atoms with van der Waals surface area (Å²) < 4.78 is 0. The van der Waals surface area contributed by atoms with Crippen molar-refractivity contribution in [2.24, 2.45) is 17.6 Å². The molecule has 0 spiro atoms. The quantitative estimate of drug-likeness (QED) is 0.620. The van der Waals surface area contributed by atoms with Gasteiger partial charge in [0.2, 0.25) is 5.91 Å². The zero-order valence-corrected chi connectivity index (χ0v) is 8.07. The Morgan fingerprint density at radius 1 is 1.77 bits per heavy atom. The van der Waals surface area contributed by atoms with E-state index in [2.05, 4.69) is 0 Å². The van der Waals surface area contributed by atoms with E-state index in [0.29, 0.717) is 13.1 Å². The van der Waals surface area contributed by atoms with Gasteiger partial charge in [0.15, 0.2) is 0 Å². The van der Waals surface area contributed by atoms with Gasteiger partial charge in [0.05, 0.1) is 0 Å². The second-order valence-electron chi connectivity index (χ2n) is 3.76. The van der Waals surface area contributed by atoms with E-state index in [9.17, 15) is 4.79 Å². The summed E-state index contributed by atoms with van der Waals surface area (Å²) in [6.07, 6.45) is 0.916. The highest BCUT2D eigenvalue weighted by molar-refractivity contribution is 5.78. The lowest BCUT2D eigenvalue weighted by molar-refractivity contribution is -0.133. The number of aliphatic hydroxyl groups is 1. The summed E-state index contributed by atoms with van der Waals surface area (Å²) in [5.74, 6) is 0.310. The van der Waals surface area contributed by atoms with Gasteiger partial charge in [-0.25, -0.2) is 0 Å². The van der Waals surface area contributed by atoms with Gasteiger partial charge in [-0.05, 0) is 6.42 Å². The highest BCUT2D eigenvalue weighted by Crippen LogP contribution is 2.17. The van der Waals surface area contributed by atoms with E-state index in [1.807, 2.05) is 6.92 Å². The molecule has 4 heteroatoms. The van der Waals surface area contributed by atoms with Crippen LogP contribution in [0.5, 0.6) is 0 Å². The normalized spacial score (nSPS) is 24.8. The van der Waals surface area contributed by atoms with Gasteiger partial charge in [-0.3, -0.25) is 4.79 Å². The smallest absolute Gasteiger partial charge is 0.226 e. The number of nitrogens with two attached hydrogens (primary N) is 1. The average molecular weight is 186 g/mol. The van der Waals surface area contributed by atoms with Gasteiger partial charge in [-0.1, -0.05) is 6.92 Å². The van der Waals surface area contributed by atoms with Crippen molar-refractivity contribution in [3.63, 3.8) is 0 Å². The lowest BCUT2D eigenvalue weighted by atomic mass is 10.1. The van der Waals surface area contributed by atoms with E-state index in [4.69, 9.17) is 10.8 Å². The maximum Gasteiger partial charge on any atom is 0.226 e. The third-order valence-corrected chi connectivity index (χ3v) is 2.63. The van der Waals surface area contributed by atoms with Gasteiger partial charge >= 0.3 is 0 Å². The van der Waals surface area contributed by atoms with Crippen LogP contribution in [0.15, 0.2) is 0 Å². The van der Waals surface area contributed by atoms with Gasteiger partial charge in [0.1, 0.15) is 0 Å². The highest BCUT2D eigenvalue weighted by Gasteiger charge is 2.27. The Bertz CT molecular complexity index is 184. The van der Waals surface area contributed by atoms with Crippen LogP contribution in [0, 0.1) is 11.8 Å². The summed E-state index contributed by atoms with van der Waals surface area (Å²) in [6, 6.07) is 0. The fraction of sp³-hybridized carbons (Fsp3) is 0.889. The zero-order chi connectivity index (χ0) is 9.84. The molecule has 0 aliphatic carbocycles. The molecule has 2 unspecified atom stereocenters. The molecule has 1 saturated heterocycles. The van der Waals surface area contributed by atoms with Gasteiger partial charge in [0.25, 0.3) is 0 Å². The van der Waals surface area contributed by atoms with E-state index in [-0.39, 0.29) is 24.3 Å². The summed E-state index contributed by atoms with van der Waals surface area (Å²) >= 11 is 0. The first-order valence-electron chi connectivity index (χ1n) is 4.78. The molecule has 1 amide bonds. The predicted octanol–water partition coefficient (Wildman–Crippen LogP) is -0.578. The topological polar surface area (TPSA) is 66.6 Å². The van der Waals surface area contributed by atoms with Crippen LogP contribution >= 0.6 is 0 Å². The van der Waals surface area contributed by atoms with Crippen molar-refractivity contribution in [3.8, 4) is 0 Å². The molecule has 1 heterocycles. The largest absolute Gasteiger partial charge is 0.396 e. The van der Waals surface area contributed by atoms with Crippen molar-refractivity contribution in [1.82, 2.24) is 4.90 Å². The number of aliphatic hydroxyl groups excluding tert-OH is 1. The second kappa shape index (κ2) is 4.58. The van der Waals surface area contributed by atoms with Crippen molar-refractivity contribution in [2.75, 3.05) is 26.2 Å². The van der Waals surface area contributed by atoms with Gasteiger partial charge in [-0.15, -0.1) is 0 Å². The third-order valence-electron chi connectivity index (χ3n) is 2.63. The van der Waals surface area contributed by atoms with Crippen LogP contribution in [0.4, 0.5) is 0 Å². The van der Waals surface area contributed by atoms with E-state index < -0.39 is 0 Å². The fourth-order valence-corrected chi connectivity index (χ4v) is 1.59. The van der Waals surface area contributed by atoms with E-state index in [1.54, 1.807) is 4.90 Å². The molecule has 1 fully saturated rings. The van der Waals surface area contributed by atoms with Gasteiger partial charge in [0, 0.05) is 38.1 Å². The Labute approximate surface area is 78.7 Å². The number of nitrogens with zero attached hydrogens (tertiary/aromatic N) is 1. The predicted molar refractivity (Wildman–Crippen MR) is 50.0 cm³/mol. The van der Waals surface area contributed by atoms with Crippen LogP contribution in [0.25, 0.3) is 0 Å². The lowest BCUT2D eigenvalue weighted by Crippen LogP contribution is -2.36. The maximum atomic E-state index is 11.6. The number of rotatable bonds is 3. The first-order chi connectivity index (χ1) is 6.19. The molecule has 0 aromatic heterocycles. The Hall–Kier alpha value is -0.610. The number of hydrogen-bond donors (Lipinski definition) is 2. The Balaban J connectivity index is 2.41. The molecule has 0 aromatic carbocycles. The van der Waals surface area contributed by atoms with E-state index in [1.165, 1.54) is 0 Å². The summed E-state index contributed by atoms with van der Waals surface area (Å²) in [5.41, 5.74) is 5.41. The molecule has 1 aliphatic rings. The number of amides is 1. The summed E-state index contributed by atoms with van der Waals surface area (Å²) in [5, 5.41) is 8.90. The molecule has 1 aliphatic heterocycles. The van der Waals surface area contributed by atoms with E-state index >= 15 is 0 Å². The summed E-state index contributed by atoms with van der Waals surface area (Å²) in [4.78, 5) is 13.4. The SMILES string of the molecule is CC(CN)C(=O)N1CCC(CO)C1. The highest BCUT2D eigenvalue weighted by atomic mass is 16.3. The van der Waals surface area contributed by atoms with Crippen LogP contribution < -0.4 is 5.73 Å². The van der Waals surface area contributed by atoms with Crippen LogP contribution in [0.2, 0.25) is 0 Å². The van der Waals surface area contributed by atoms with Gasteiger partial charge < -0.3 is 15.7 Å². The fourth-order valence-electron chi connectivity index (χ4n) is 1.59. The number of carbonyl (C=O) groups excluding carboxylic acids is 1. The minimum atomic E-state index is -0.0857. The zero-order valence-electron chi connectivity index (χ0n) is 8.07. The lowest BCUT2D eigenvalue weighted by Gasteiger charge is -2.19. The Kier molecular flexibility index (Phi) is 3.69. The summed E-state index contributed by atoms with van der Waals surface area (Å²) in [7, 11) is 0. The van der Waals surface area contributed by atoms with Crippen molar-refractivity contribution in [2.45, 2.75) is 13.3 Å². The minimum Gasteiger partial charge on any atom is -0.396 e. The second-order valence-corrected chi connectivity index (χ2v) is 3.76. The summed E-state index contributed by atoms with van der Waals surface area (Å²) in [6.45, 7) is 3.89. The molecule has 1 rings (SSSR count). The monoisotopic (exact) mass is 186 g/mol. The number of likely N-dealkylation sites (tertiary alicyclic amines) is 1. The minimum absolute atomic E-state index is 0.0857. The Morgan fingerprint density at radius 2 is 2.46 bits per heavy atom. The van der Waals surface area contributed by atoms with Crippen LogP contribution in [-0.4, -0.2) is 42.2 Å². The first-order valence-corrected chi connectivity index (χ1v) is 4.78. The van der Waals surface area contributed by atoms with Crippen LogP contribution in [-0.2, 0) is 4.79 Å². The Morgan fingerprint density at radius 3 is 2.92 bits per heavy atom. The number of carbonyl (C=O) groups is 1. The molecule has 0 bridgehead atoms. The van der Waals surface area contributed by atoms with Crippen molar-refractivity contribution < 1.29 is 9.90 Å². The molecular formula is C9H18N2O2. The molecule has 2 atom stereocenters. The molecule has 76 valence electrons. The van der Waals surface area contributed by atoms with Crippen LogP contribution in [0.3, 0.4) is 0 Å². The molecule has 3 N–H and O–H groups in total. The van der Waals surface area contributed by atoms with E-state index in [0.717, 1.165) is 13.0 Å². The van der Waals surface area contributed by atoms with Crippen molar-refractivity contribution in [3.05, 3.63) is 0 Å². The van der Waals surface area contributed by atoms with Crippen molar-refractivity contribution >= 4 is 5.91 Å². The van der Waals surface area contributed by atoms with Crippen molar-refractivity contribution in [1.29, 1.82) is 0 Å². The van der Waals surface area contributed by atoms with Gasteiger partial charge in [-0.2, -0.15) is 0 Å². The third kappa shape index (κ3) is 2.42. The molecule has 13 heavy (non-hydrogen) atoms.